The molecule has 10 nitrogen and oxygen atoms in total. The van der Waals surface area contributed by atoms with Crippen molar-refractivity contribution in [3.05, 3.63) is 168 Å². The maximum atomic E-state index is 13.9. The van der Waals surface area contributed by atoms with Crippen LogP contribution in [0, 0.1) is 0 Å². The Kier molecular flexibility index (Phi) is 16.0. The van der Waals surface area contributed by atoms with Crippen LogP contribution >= 0.6 is 0 Å². The summed E-state index contributed by atoms with van der Waals surface area (Å²) >= 11 is 0. The van der Waals surface area contributed by atoms with Crippen molar-refractivity contribution in [2.24, 2.45) is 0 Å². The zero-order valence-electron chi connectivity index (χ0n) is 35.0. The van der Waals surface area contributed by atoms with Crippen molar-refractivity contribution in [3.63, 3.8) is 0 Å². The highest BCUT2D eigenvalue weighted by Crippen LogP contribution is 2.38. The lowest BCUT2D eigenvalue weighted by Crippen LogP contribution is -2.67. The van der Waals surface area contributed by atoms with Crippen LogP contribution in [-0.4, -0.2) is 77.4 Å². The molecule has 0 amide bonds. The predicted octanol–water partition coefficient (Wildman–Crippen LogP) is 7.17. The number of methoxy groups -OCH3 is 1. The SMILES string of the molecule is COC(=O)[C@@H](CO[Si](c1ccccc1)(c1ccccc1)C(C)(C)C)O[C@@H]1OC(COC(C)=O)[C@H](OCc2ccccc2)[C@H](OCc2ccccc2)C1OCc1ccccc1. The van der Waals surface area contributed by atoms with Crippen molar-refractivity contribution in [3.8, 4) is 0 Å². The molecule has 0 aliphatic carbocycles. The summed E-state index contributed by atoms with van der Waals surface area (Å²) in [6.07, 6.45) is -6.00. The molecule has 0 aromatic heterocycles. The highest BCUT2D eigenvalue weighted by Gasteiger charge is 2.53. The molecule has 0 saturated carbocycles. The van der Waals surface area contributed by atoms with Crippen molar-refractivity contribution in [1.29, 1.82) is 0 Å². The van der Waals surface area contributed by atoms with Crippen molar-refractivity contribution >= 4 is 30.6 Å². The first-order valence-electron chi connectivity index (χ1n) is 20.3. The van der Waals surface area contributed by atoms with Crippen molar-refractivity contribution in [2.75, 3.05) is 20.3 Å². The Morgan fingerprint density at radius 3 is 1.45 bits per heavy atom. The number of hydrogen-bond acceptors (Lipinski definition) is 10. The van der Waals surface area contributed by atoms with Gasteiger partial charge in [0.1, 0.15) is 31.0 Å². The Labute approximate surface area is 354 Å². The maximum Gasteiger partial charge on any atom is 0.337 e. The highest BCUT2D eigenvalue weighted by molar-refractivity contribution is 6.99. The molecule has 0 bridgehead atoms. The zero-order valence-corrected chi connectivity index (χ0v) is 36.0. The fourth-order valence-corrected chi connectivity index (χ4v) is 12.2. The van der Waals surface area contributed by atoms with Crippen LogP contribution in [0.25, 0.3) is 0 Å². The van der Waals surface area contributed by atoms with E-state index in [4.69, 9.17) is 37.6 Å². The van der Waals surface area contributed by atoms with Crippen LogP contribution in [0.3, 0.4) is 0 Å². The maximum absolute atomic E-state index is 13.9. The van der Waals surface area contributed by atoms with E-state index in [0.717, 1.165) is 27.1 Å². The van der Waals surface area contributed by atoms with Gasteiger partial charge in [-0.05, 0) is 32.1 Å². The van der Waals surface area contributed by atoms with Crippen LogP contribution in [0.2, 0.25) is 5.04 Å². The van der Waals surface area contributed by atoms with Crippen LogP contribution in [0.4, 0.5) is 0 Å². The minimum atomic E-state index is -3.13. The van der Waals surface area contributed by atoms with Crippen LogP contribution in [0.1, 0.15) is 44.4 Å². The van der Waals surface area contributed by atoms with Gasteiger partial charge in [0.25, 0.3) is 8.32 Å². The molecule has 1 aliphatic rings. The summed E-state index contributed by atoms with van der Waals surface area (Å²) in [5.41, 5.74) is 2.76. The largest absolute Gasteiger partial charge is 0.467 e. The van der Waals surface area contributed by atoms with Crippen LogP contribution < -0.4 is 10.4 Å². The summed E-state index contributed by atoms with van der Waals surface area (Å²) in [5.74, 6) is -1.15. The summed E-state index contributed by atoms with van der Waals surface area (Å²) in [6, 6.07) is 49.5. The number of carbonyl (C=O) groups excluding carboxylic acids is 2. The molecule has 0 N–H and O–H groups in total. The number of esters is 2. The van der Waals surface area contributed by atoms with Gasteiger partial charge in [-0.3, -0.25) is 4.79 Å². The van der Waals surface area contributed by atoms with Gasteiger partial charge in [-0.1, -0.05) is 172 Å². The quantitative estimate of drug-likeness (QED) is 0.0629. The number of hydrogen-bond donors (Lipinski definition) is 0. The summed E-state index contributed by atoms with van der Waals surface area (Å²) in [7, 11) is -1.82. The molecule has 5 aromatic rings. The van der Waals surface area contributed by atoms with Crippen molar-refractivity contribution in [2.45, 2.75) is 89.4 Å². The summed E-state index contributed by atoms with van der Waals surface area (Å²) in [6.45, 7) is 8.06. The Hall–Kier alpha value is -4.98. The Morgan fingerprint density at radius 1 is 0.617 bits per heavy atom. The van der Waals surface area contributed by atoms with Crippen molar-refractivity contribution in [1.82, 2.24) is 0 Å². The molecule has 11 heteroatoms. The summed E-state index contributed by atoms with van der Waals surface area (Å²) in [5, 5.41) is 1.70. The molecule has 1 fully saturated rings. The van der Waals surface area contributed by atoms with E-state index in [9.17, 15) is 9.59 Å². The van der Waals surface area contributed by atoms with Crippen LogP contribution in [0.15, 0.2) is 152 Å². The number of benzene rings is 5. The van der Waals surface area contributed by atoms with Gasteiger partial charge in [0.15, 0.2) is 12.4 Å². The second-order valence-corrected chi connectivity index (χ2v) is 20.1. The second kappa shape index (κ2) is 21.5. The Balaban J connectivity index is 1.39. The second-order valence-electron chi connectivity index (χ2n) is 15.8. The van der Waals surface area contributed by atoms with Gasteiger partial charge >= 0.3 is 11.9 Å². The lowest BCUT2D eigenvalue weighted by Gasteiger charge is -2.46. The van der Waals surface area contributed by atoms with Gasteiger partial charge in [-0.2, -0.15) is 0 Å². The minimum absolute atomic E-state index is 0.163. The molecule has 316 valence electrons. The monoisotopic (exact) mass is 832 g/mol. The lowest BCUT2D eigenvalue weighted by atomic mass is 9.97. The molecule has 60 heavy (non-hydrogen) atoms. The lowest BCUT2D eigenvalue weighted by molar-refractivity contribution is -0.334. The van der Waals surface area contributed by atoms with E-state index >= 15 is 0 Å². The van der Waals surface area contributed by atoms with E-state index in [1.54, 1.807) is 0 Å². The van der Waals surface area contributed by atoms with Gasteiger partial charge in [0.2, 0.25) is 0 Å². The van der Waals surface area contributed by atoms with Crippen LogP contribution in [-0.2, 0) is 67.0 Å². The Bertz CT molecular complexity index is 1990. The molecule has 0 radical (unpaired) electrons. The fraction of sp³-hybridized carbons (Fsp3) is 0.347. The fourth-order valence-electron chi connectivity index (χ4n) is 7.61. The highest BCUT2D eigenvalue weighted by atomic mass is 28.4. The molecule has 6 atom stereocenters. The number of rotatable bonds is 19. The van der Waals surface area contributed by atoms with Gasteiger partial charge in [-0.25, -0.2) is 4.79 Å². The molecular formula is C49H56O10Si. The Morgan fingerprint density at radius 2 is 1.03 bits per heavy atom. The van der Waals surface area contributed by atoms with E-state index in [2.05, 4.69) is 45.0 Å². The smallest absolute Gasteiger partial charge is 0.337 e. The van der Waals surface area contributed by atoms with Gasteiger partial charge in [0, 0.05) is 6.92 Å². The predicted molar refractivity (Wildman–Crippen MR) is 231 cm³/mol. The summed E-state index contributed by atoms with van der Waals surface area (Å²) < 4.78 is 51.8. The van der Waals surface area contributed by atoms with E-state index in [1.165, 1.54) is 14.0 Å². The molecule has 1 saturated heterocycles. The zero-order chi connectivity index (χ0) is 42.4. The van der Waals surface area contributed by atoms with Gasteiger partial charge in [-0.15, -0.1) is 0 Å². The molecule has 1 heterocycles. The number of carbonyl (C=O) groups is 2. The third-order valence-electron chi connectivity index (χ3n) is 10.5. The number of ether oxygens (including phenoxy) is 7. The van der Waals surface area contributed by atoms with E-state index in [0.29, 0.717) is 0 Å². The normalized spacial score (nSPS) is 19.9. The molecule has 5 aromatic carbocycles. The first kappa shape index (κ1) is 44.6. The molecule has 2 unspecified atom stereocenters. The third-order valence-corrected chi connectivity index (χ3v) is 15.5. The van der Waals surface area contributed by atoms with E-state index in [1.807, 2.05) is 127 Å². The van der Waals surface area contributed by atoms with E-state index in [-0.39, 0.29) is 38.1 Å². The summed E-state index contributed by atoms with van der Waals surface area (Å²) in [4.78, 5) is 26.2. The molecule has 6 rings (SSSR count). The average Bonchev–Trinajstić information content (AvgIpc) is 3.27. The molecule has 1 aliphatic heterocycles. The standard InChI is InChI=1S/C49H56O10Si/c1-36(50)53-34-42-44(54-31-37-21-11-6-12-22-37)45(55-32-38-23-13-7-14-24-38)46(56-33-39-25-15-8-16-26-39)48(58-42)59-43(47(51)52-5)35-57-60(49(2,3)4,40-27-17-9-18-28-40)41-29-19-10-20-30-41/h6-30,42-46,48H,31-35H2,1-5H3/t42?,43-,44+,45+,46?,48+/m1/s1. The molecular weight excluding hydrogens is 777 g/mol. The first-order chi connectivity index (χ1) is 29.1. The first-order valence-corrected chi connectivity index (χ1v) is 22.2. The third kappa shape index (κ3) is 11.4. The molecule has 0 spiro atoms. The minimum Gasteiger partial charge on any atom is -0.467 e. The van der Waals surface area contributed by atoms with Gasteiger partial charge < -0.3 is 37.6 Å². The topological polar surface area (TPSA) is 108 Å². The van der Waals surface area contributed by atoms with Gasteiger partial charge in [0.05, 0.1) is 33.5 Å². The average molecular weight is 833 g/mol. The van der Waals surface area contributed by atoms with Crippen LogP contribution in [0.5, 0.6) is 0 Å². The van der Waals surface area contributed by atoms with Crippen molar-refractivity contribution < 1.29 is 47.2 Å². The van der Waals surface area contributed by atoms with E-state index < -0.39 is 57.1 Å².